The van der Waals surface area contributed by atoms with Gasteiger partial charge in [0.1, 0.15) is 0 Å². The first-order valence-electron chi connectivity index (χ1n) is 3.97. The SMILES string of the molecule is CCCSSS.COCCO[O][Al]=[O]. The predicted molar refractivity (Wildman–Crippen MR) is 64.7 cm³/mol. The predicted octanol–water partition coefficient (Wildman–Crippen LogP) is 2.17. The van der Waals surface area contributed by atoms with Crippen molar-refractivity contribution in [3.05, 3.63) is 0 Å². The van der Waals surface area contributed by atoms with E-state index in [1.165, 1.54) is 22.0 Å². The first-order chi connectivity index (χ1) is 6.83. The molecule has 4 nitrogen and oxygen atoms in total. The molecule has 0 radical (unpaired) electrons. The fourth-order valence-electron chi connectivity index (χ4n) is 0.314. The van der Waals surface area contributed by atoms with E-state index in [1.807, 2.05) is 0 Å². The van der Waals surface area contributed by atoms with Gasteiger partial charge in [-0.3, -0.25) is 0 Å². The van der Waals surface area contributed by atoms with Crippen LogP contribution in [0.4, 0.5) is 0 Å². The van der Waals surface area contributed by atoms with Crippen LogP contribution in [0.1, 0.15) is 13.3 Å². The summed E-state index contributed by atoms with van der Waals surface area (Å²) in [6.45, 7) is 2.95. The van der Waals surface area contributed by atoms with Crippen molar-refractivity contribution in [1.29, 1.82) is 0 Å². The molecule has 0 aliphatic carbocycles. The summed E-state index contributed by atoms with van der Waals surface area (Å²) in [6, 6.07) is 0. The molecule has 0 heterocycles. The first kappa shape index (κ1) is 17.5. The molecule has 8 heteroatoms. The molecule has 0 aromatic rings. The van der Waals surface area contributed by atoms with E-state index < -0.39 is 15.5 Å². The number of rotatable bonds is 8. The molecule has 14 heavy (non-hydrogen) atoms. The summed E-state index contributed by atoms with van der Waals surface area (Å²) in [5, 5.41) is 0. The van der Waals surface area contributed by atoms with E-state index in [4.69, 9.17) is 0 Å². The Labute approximate surface area is 104 Å². The molecule has 0 spiro atoms. The van der Waals surface area contributed by atoms with Gasteiger partial charge in [0.05, 0.1) is 0 Å². The topological polar surface area (TPSA) is 44.8 Å². The Hall–Kier alpha value is 1.10. The van der Waals surface area contributed by atoms with Crippen molar-refractivity contribution in [3.63, 3.8) is 0 Å². The van der Waals surface area contributed by atoms with E-state index in [0.29, 0.717) is 13.2 Å². The Morgan fingerprint density at radius 1 is 1.43 bits per heavy atom. The average Bonchev–Trinajstić information content (AvgIpc) is 2.22. The molecule has 0 amide bonds. The van der Waals surface area contributed by atoms with Crippen LogP contribution in [0.2, 0.25) is 0 Å². The maximum absolute atomic E-state index is 9.59. The third kappa shape index (κ3) is 23.2. The van der Waals surface area contributed by atoms with Crippen LogP contribution in [0.25, 0.3) is 0 Å². The summed E-state index contributed by atoms with van der Waals surface area (Å²) in [7, 11) is 4.88. The van der Waals surface area contributed by atoms with Crippen molar-refractivity contribution in [2.75, 3.05) is 26.1 Å². The molecule has 0 aliphatic heterocycles. The molecule has 84 valence electrons. The van der Waals surface area contributed by atoms with Crippen molar-refractivity contribution in [1.82, 2.24) is 0 Å². The molecule has 0 N–H and O–H groups in total. The van der Waals surface area contributed by atoms with E-state index in [1.54, 1.807) is 17.9 Å². The minimum atomic E-state index is -1.25. The number of thiol groups is 1. The van der Waals surface area contributed by atoms with Crippen LogP contribution in [0, 0.1) is 0 Å². The number of ether oxygens (including phenoxy) is 1. The number of hydrogen-bond donors (Lipinski definition) is 1. The molecular formula is C6H15AlO4S3. The van der Waals surface area contributed by atoms with E-state index in [2.05, 4.69) is 32.1 Å². The van der Waals surface area contributed by atoms with Gasteiger partial charge < -0.3 is 0 Å². The summed E-state index contributed by atoms with van der Waals surface area (Å²) in [5.41, 5.74) is 0. The molecule has 0 aromatic heterocycles. The van der Waals surface area contributed by atoms with Crippen molar-refractivity contribution < 1.29 is 17.4 Å². The van der Waals surface area contributed by atoms with Gasteiger partial charge >= 0.3 is 53.2 Å². The van der Waals surface area contributed by atoms with E-state index in [-0.39, 0.29) is 0 Å². The van der Waals surface area contributed by atoms with Crippen LogP contribution in [0.3, 0.4) is 0 Å². The molecule has 0 saturated carbocycles. The van der Waals surface area contributed by atoms with E-state index in [9.17, 15) is 3.80 Å². The van der Waals surface area contributed by atoms with Crippen molar-refractivity contribution in [3.8, 4) is 0 Å². The van der Waals surface area contributed by atoms with Crippen LogP contribution in [-0.2, 0) is 17.4 Å². The molecule has 0 bridgehead atoms. The van der Waals surface area contributed by atoms with Gasteiger partial charge in [-0.2, -0.15) is 0 Å². The third-order valence-electron chi connectivity index (χ3n) is 0.818. The Bertz CT molecular complexity index is 105. The summed E-state index contributed by atoms with van der Waals surface area (Å²) in [5.74, 6) is 1.22. The van der Waals surface area contributed by atoms with Gasteiger partial charge in [0, 0.05) is 5.75 Å². The summed E-state index contributed by atoms with van der Waals surface area (Å²) in [6.07, 6.45) is 1.25. The van der Waals surface area contributed by atoms with Gasteiger partial charge in [0.25, 0.3) is 0 Å². The Morgan fingerprint density at radius 3 is 2.50 bits per heavy atom. The number of hydrogen-bond acceptors (Lipinski definition) is 7. The average molecular weight is 274 g/mol. The van der Waals surface area contributed by atoms with Crippen LogP contribution < -0.4 is 0 Å². The van der Waals surface area contributed by atoms with Gasteiger partial charge in [0.15, 0.2) is 0 Å². The van der Waals surface area contributed by atoms with Crippen molar-refractivity contribution >= 4 is 47.8 Å². The second-order valence-electron chi connectivity index (χ2n) is 1.90. The maximum atomic E-state index is 9.59. The molecule has 0 atom stereocenters. The quantitative estimate of drug-likeness (QED) is 0.183. The Morgan fingerprint density at radius 2 is 2.14 bits per heavy atom. The van der Waals surface area contributed by atoms with Gasteiger partial charge in [0.2, 0.25) is 0 Å². The Balaban J connectivity index is 0. The zero-order valence-corrected chi connectivity index (χ0v) is 12.0. The first-order valence-corrected chi connectivity index (χ1v) is 8.28. The van der Waals surface area contributed by atoms with Gasteiger partial charge in [-0.1, -0.05) is 29.4 Å². The monoisotopic (exact) mass is 274 g/mol. The normalized spacial score (nSPS) is 8.50. The second kappa shape index (κ2) is 19.6. The van der Waals surface area contributed by atoms with Gasteiger partial charge in [-0.05, 0) is 16.2 Å². The summed E-state index contributed by atoms with van der Waals surface area (Å²) < 4.78 is 18.3. The van der Waals surface area contributed by atoms with Crippen LogP contribution in [0.5, 0.6) is 0 Å². The molecule has 0 aromatic carbocycles. The zero-order valence-electron chi connectivity index (χ0n) is 8.30. The fraction of sp³-hybridized carbons (Fsp3) is 1.00. The summed E-state index contributed by atoms with van der Waals surface area (Å²) >= 11 is 2.68. The van der Waals surface area contributed by atoms with Crippen LogP contribution in [0.15, 0.2) is 0 Å². The molecular weight excluding hydrogens is 259 g/mol. The van der Waals surface area contributed by atoms with E-state index >= 15 is 0 Å². The van der Waals surface area contributed by atoms with Gasteiger partial charge in [-0.25, -0.2) is 0 Å². The third-order valence-corrected chi connectivity index (χ3v) is 3.48. The second-order valence-corrected chi connectivity index (χ2v) is 5.58. The van der Waals surface area contributed by atoms with Crippen LogP contribution in [-0.4, -0.2) is 41.6 Å². The number of methoxy groups -OCH3 is 1. The molecule has 0 rings (SSSR count). The minimum absolute atomic E-state index is 0.325. The molecule has 0 unspecified atom stereocenters. The Kier molecular flexibility index (Phi) is 24.5. The molecule has 0 saturated heterocycles. The van der Waals surface area contributed by atoms with Crippen LogP contribution >= 0.6 is 32.3 Å². The fourth-order valence-corrected chi connectivity index (χ4v) is 2.10. The van der Waals surface area contributed by atoms with Gasteiger partial charge in [-0.15, -0.1) is 0 Å². The van der Waals surface area contributed by atoms with Crippen molar-refractivity contribution in [2.45, 2.75) is 13.3 Å². The standard InChI is InChI=1S/C3H8O3.C3H8S3.Al.O/c1-5-2-3-6-4;1-2-3-5-6-4;;/h2*4H,2-3H2,1H3;;/q;;+1;/p-1. The van der Waals surface area contributed by atoms with E-state index in [0.717, 1.165) is 0 Å². The molecule has 0 fully saturated rings. The van der Waals surface area contributed by atoms with Crippen molar-refractivity contribution in [2.24, 2.45) is 0 Å². The molecule has 0 aliphatic rings. The summed E-state index contributed by atoms with van der Waals surface area (Å²) in [4.78, 5) is 4.32. The zero-order chi connectivity index (χ0) is 11.1.